The summed E-state index contributed by atoms with van der Waals surface area (Å²) in [5, 5.41) is 0.444. The molecule has 4 rings (SSSR count). The van der Waals surface area contributed by atoms with Gasteiger partial charge in [0.05, 0.1) is 32.3 Å². The first kappa shape index (κ1) is 13.6. The third kappa shape index (κ3) is 4.98. The Balaban J connectivity index is 2.14. The van der Waals surface area contributed by atoms with E-state index in [2.05, 4.69) is 5.32 Å². The lowest BCUT2D eigenvalue weighted by atomic mass is 9.99. The highest BCUT2D eigenvalue weighted by Gasteiger charge is 2.35. The second-order valence-electron chi connectivity index (χ2n) is 9.23. The topological polar surface area (TPSA) is 80.6 Å². The first-order valence-corrected chi connectivity index (χ1v) is 11.0. The zero-order valence-electron chi connectivity index (χ0n) is 32.7. The molecule has 1 aromatic heterocycles. The van der Waals surface area contributed by atoms with E-state index in [1.54, 1.807) is 0 Å². The van der Waals surface area contributed by atoms with Crippen LogP contribution in [0.4, 0.5) is 9.18 Å². The standard InChI is InChI=1S/C28H32FN3O4/c1-6-31(27(35)36-28(3,4)5)32-17(2)22(20-13-10-14-21(29)23(20)26(32)34)25(33)30-24(19-15-16-19)18-11-8-7-9-12-18/h7-14,19,24H,6,15-16H2,1-5H3,(H,30,33)/t24-/m1/s1/i1D3,2D3,6D2,7D,8D,9D,11D,12D. The number of nitrogens with zero attached hydrogens (tertiary/aromatic N) is 2. The number of amides is 2. The second-order valence-corrected chi connectivity index (χ2v) is 9.23. The van der Waals surface area contributed by atoms with Crippen molar-refractivity contribution in [3.63, 3.8) is 0 Å². The molecule has 1 atom stereocenters. The normalized spacial score (nSPS) is 20.7. The Hall–Kier alpha value is -3.68. The Kier molecular flexibility index (Phi) is 3.68. The van der Waals surface area contributed by atoms with Crippen LogP contribution in [-0.2, 0) is 4.74 Å². The van der Waals surface area contributed by atoms with Crippen LogP contribution in [0.25, 0.3) is 10.8 Å². The number of carbonyl (C=O) groups excluding carboxylic acids is 2. The summed E-state index contributed by atoms with van der Waals surface area (Å²) in [5.41, 5.74) is -5.88. The molecule has 1 heterocycles. The van der Waals surface area contributed by atoms with Gasteiger partial charge in [0.15, 0.2) is 0 Å². The SMILES string of the molecule is [2H]c1c([2H])c([2H])c([C@@H](NC(=O)c2c(C([2H])([2H])[2H])n(N(C(=O)OC(C)(C)C)C([2H])([2H])C([2H])([2H])[2H])c(=O)c3c(F)cccc23)C2CC2)c([2H])c1[2H]. The van der Waals surface area contributed by atoms with Crippen LogP contribution in [0.1, 0.15) is 85.9 Å². The summed E-state index contributed by atoms with van der Waals surface area (Å²) >= 11 is 0. The average Bonchev–Trinajstić information content (AvgIpc) is 3.79. The molecule has 0 saturated heterocycles. The van der Waals surface area contributed by atoms with Crippen LogP contribution in [0.5, 0.6) is 0 Å². The van der Waals surface area contributed by atoms with Crippen molar-refractivity contribution in [1.29, 1.82) is 0 Å². The quantitative estimate of drug-likeness (QED) is 0.497. The van der Waals surface area contributed by atoms with Crippen LogP contribution >= 0.6 is 0 Å². The molecule has 8 heteroatoms. The van der Waals surface area contributed by atoms with Crippen molar-refractivity contribution in [3.8, 4) is 0 Å². The molecule has 1 aliphatic carbocycles. The summed E-state index contributed by atoms with van der Waals surface area (Å²) in [4.78, 5) is 42.0. The number of hydrogen-bond donors (Lipinski definition) is 1. The van der Waals surface area contributed by atoms with Crippen molar-refractivity contribution in [2.45, 2.75) is 59.0 Å². The van der Waals surface area contributed by atoms with Gasteiger partial charge in [-0.1, -0.05) is 42.3 Å². The molecule has 0 radical (unpaired) electrons. The molecule has 7 nitrogen and oxygen atoms in total. The molecule has 36 heavy (non-hydrogen) atoms. The largest absolute Gasteiger partial charge is 0.442 e. The first-order chi connectivity index (χ1) is 22.2. The predicted octanol–water partition coefficient (Wildman–Crippen LogP) is 5.22. The van der Waals surface area contributed by atoms with Crippen LogP contribution in [0.3, 0.4) is 0 Å². The lowest BCUT2D eigenvalue weighted by molar-refractivity contribution is 0.0537. The van der Waals surface area contributed by atoms with E-state index in [9.17, 15) is 14.4 Å². The maximum atomic E-state index is 15.5. The Morgan fingerprint density at radius 3 is 2.64 bits per heavy atom. The van der Waals surface area contributed by atoms with Crippen molar-refractivity contribution in [2.75, 3.05) is 11.5 Å². The van der Waals surface area contributed by atoms with Crippen molar-refractivity contribution in [2.24, 2.45) is 5.92 Å². The maximum Gasteiger partial charge on any atom is 0.429 e. The summed E-state index contributed by atoms with van der Waals surface area (Å²) < 4.78 is 127. The van der Waals surface area contributed by atoms with Gasteiger partial charge >= 0.3 is 6.09 Å². The number of halogens is 1. The maximum absolute atomic E-state index is 15.5. The van der Waals surface area contributed by atoms with Crippen molar-refractivity contribution in [3.05, 3.63) is 81.4 Å². The van der Waals surface area contributed by atoms with Crippen LogP contribution in [0.15, 0.2) is 53.2 Å². The lowest BCUT2D eigenvalue weighted by Gasteiger charge is -2.30. The van der Waals surface area contributed by atoms with Crippen LogP contribution in [0, 0.1) is 18.6 Å². The van der Waals surface area contributed by atoms with Gasteiger partial charge in [-0.2, -0.15) is 0 Å². The Morgan fingerprint density at radius 1 is 1.31 bits per heavy atom. The molecular formula is C28H32FN3O4. The van der Waals surface area contributed by atoms with Gasteiger partial charge in [0.25, 0.3) is 11.5 Å². The molecule has 190 valence electrons. The minimum atomic E-state index is -3.91. The van der Waals surface area contributed by atoms with E-state index in [0.29, 0.717) is 12.8 Å². The van der Waals surface area contributed by atoms with E-state index >= 15 is 4.39 Å². The molecule has 0 bridgehead atoms. The Labute approximate surface area is 228 Å². The molecule has 0 aliphatic heterocycles. The molecule has 0 unspecified atom stereocenters. The van der Waals surface area contributed by atoms with E-state index in [4.69, 9.17) is 22.6 Å². The molecule has 0 spiro atoms. The van der Waals surface area contributed by atoms with Crippen LogP contribution < -0.4 is 15.9 Å². The predicted molar refractivity (Wildman–Crippen MR) is 137 cm³/mol. The summed E-state index contributed by atoms with van der Waals surface area (Å²) in [7, 11) is 0. The molecule has 1 fully saturated rings. The summed E-state index contributed by atoms with van der Waals surface area (Å²) in [6.45, 7) is -7.36. The third-order valence-corrected chi connectivity index (χ3v) is 5.45. The number of benzene rings is 2. The van der Waals surface area contributed by atoms with Crippen molar-refractivity contribution < 1.29 is 36.5 Å². The zero-order valence-corrected chi connectivity index (χ0v) is 19.7. The fourth-order valence-electron chi connectivity index (χ4n) is 3.78. The highest BCUT2D eigenvalue weighted by molar-refractivity contribution is 6.08. The number of carbonyl (C=O) groups is 2. The Bertz CT molecular complexity index is 1890. The number of pyridine rings is 1. The third-order valence-electron chi connectivity index (χ3n) is 5.45. The first-order valence-electron chi connectivity index (χ1n) is 17.5. The monoisotopic (exact) mass is 506 g/mol. The molecule has 1 N–H and O–H groups in total. The van der Waals surface area contributed by atoms with Crippen LogP contribution in [0.2, 0.25) is 0 Å². The number of rotatable bonds is 6. The minimum absolute atomic E-state index is 0.218. The molecule has 1 saturated carbocycles. The van der Waals surface area contributed by atoms with Gasteiger partial charge in [0.2, 0.25) is 0 Å². The lowest BCUT2D eigenvalue weighted by Crippen LogP contribution is -2.50. The summed E-state index contributed by atoms with van der Waals surface area (Å²) in [6, 6.07) is -1.93. The molecular weight excluding hydrogens is 461 g/mol. The molecule has 1 aliphatic rings. The molecule has 2 amide bonds. The van der Waals surface area contributed by atoms with Gasteiger partial charge in [-0.3, -0.25) is 9.59 Å². The van der Waals surface area contributed by atoms with E-state index in [0.717, 1.165) is 18.2 Å². The number of nitrogens with one attached hydrogen (secondary N) is 1. The van der Waals surface area contributed by atoms with Crippen molar-refractivity contribution >= 4 is 22.8 Å². The van der Waals surface area contributed by atoms with E-state index in [1.165, 1.54) is 20.8 Å². The molecule has 3 aromatic rings. The zero-order chi connectivity index (χ0) is 37.3. The fraction of sp³-hybridized carbons (Fsp3) is 0.393. The minimum Gasteiger partial charge on any atom is -0.442 e. The fourth-order valence-corrected chi connectivity index (χ4v) is 3.78. The van der Waals surface area contributed by atoms with Gasteiger partial charge < -0.3 is 10.1 Å². The smallest absolute Gasteiger partial charge is 0.429 e. The number of ether oxygens (including phenoxy) is 1. The van der Waals surface area contributed by atoms with Gasteiger partial charge in [0.1, 0.15) is 11.4 Å². The Morgan fingerprint density at radius 2 is 2.03 bits per heavy atom. The van der Waals surface area contributed by atoms with Gasteiger partial charge in [0, 0.05) is 20.1 Å². The molecule has 2 aromatic carbocycles. The highest BCUT2D eigenvalue weighted by atomic mass is 19.1. The average molecular weight is 507 g/mol. The summed E-state index contributed by atoms with van der Waals surface area (Å²) in [6.07, 6.45) is -1.03. The highest BCUT2D eigenvalue weighted by Crippen LogP contribution is 2.41. The number of hydrogen-bond acceptors (Lipinski definition) is 4. The number of fused-ring (bicyclic) bond motifs is 1. The van der Waals surface area contributed by atoms with Crippen molar-refractivity contribution in [1.82, 2.24) is 9.99 Å². The van der Waals surface area contributed by atoms with Gasteiger partial charge in [-0.15, -0.1) is 0 Å². The van der Waals surface area contributed by atoms with Gasteiger partial charge in [-0.05, 0) is 64.9 Å². The van der Waals surface area contributed by atoms with E-state index in [-0.39, 0.29) is 10.2 Å². The van der Waals surface area contributed by atoms with Gasteiger partial charge in [-0.25, -0.2) is 18.9 Å². The van der Waals surface area contributed by atoms with E-state index < -0.39 is 118 Å². The van der Waals surface area contributed by atoms with Crippen LogP contribution in [-0.4, -0.2) is 28.8 Å². The van der Waals surface area contributed by atoms with E-state index in [1.807, 2.05) is 0 Å². The summed E-state index contributed by atoms with van der Waals surface area (Å²) in [5.74, 6) is -3.22. The second kappa shape index (κ2) is 9.76. The number of aromatic nitrogens is 1.